The molecule has 0 aliphatic carbocycles. The first-order chi connectivity index (χ1) is 11.2. The average Bonchev–Trinajstić information content (AvgIpc) is 2.52. The van der Waals surface area contributed by atoms with Gasteiger partial charge in [-0.25, -0.2) is 0 Å². The standard InChI is InChI=1S/C20H26ClNO2/c1-19(2,3)15-5-9-17(10-6-15)22-13-20(4,23)14-24-18-11-7-16(21)8-12-18/h5-12,22-23H,13-14H2,1-4H3/t20-/m1/s1. The first-order valence-electron chi connectivity index (χ1n) is 8.11. The lowest BCUT2D eigenvalue weighted by Gasteiger charge is -2.25. The van der Waals surface area contributed by atoms with Crippen molar-refractivity contribution in [3.63, 3.8) is 0 Å². The van der Waals surface area contributed by atoms with E-state index in [1.165, 1.54) is 5.56 Å². The fourth-order valence-corrected chi connectivity index (χ4v) is 2.33. The minimum atomic E-state index is -0.984. The van der Waals surface area contributed by atoms with E-state index in [9.17, 15) is 5.11 Å². The Morgan fingerprint density at radius 2 is 1.54 bits per heavy atom. The lowest BCUT2D eigenvalue weighted by Crippen LogP contribution is -2.39. The minimum Gasteiger partial charge on any atom is -0.491 e. The van der Waals surface area contributed by atoms with Gasteiger partial charge in [0.15, 0.2) is 0 Å². The van der Waals surface area contributed by atoms with Gasteiger partial charge in [0.1, 0.15) is 18.0 Å². The van der Waals surface area contributed by atoms with Crippen LogP contribution in [0, 0.1) is 0 Å². The number of benzene rings is 2. The molecule has 0 aromatic heterocycles. The molecule has 0 radical (unpaired) electrons. The number of ether oxygens (including phenoxy) is 1. The van der Waals surface area contributed by atoms with Gasteiger partial charge in [0.05, 0.1) is 0 Å². The minimum absolute atomic E-state index is 0.135. The average molecular weight is 348 g/mol. The largest absolute Gasteiger partial charge is 0.491 e. The molecule has 2 N–H and O–H groups in total. The quantitative estimate of drug-likeness (QED) is 0.782. The highest BCUT2D eigenvalue weighted by Gasteiger charge is 2.21. The number of hydrogen-bond donors (Lipinski definition) is 2. The summed E-state index contributed by atoms with van der Waals surface area (Å²) < 4.78 is 5.63. The third-order valence-corrected chi connectivity index (χ3v) is 4.04. The van der Waals surface area contributed by atoms with Crippen molar-refractivity contribution in [1.29, 1.82) is 0 Å². The second kappa shape index (κ2) is 7.45. The summed E-state index contributed by atoms with van der Waals surface area (Å²) in [5.74, 6) is 0.689. The SMILES string of the molecule is CC(C)(C)c1ccc(NC[C@@](C)(O)COc2ccc(Cl)cc2)cc1. The Labute approximate surface area is 149 Å². The Morgan fingerprint density at radius 1 is 0.958 bits per heavy atom. The van der Waals surface area contributed by atoms with Crippen LogP contribution in [0.4, 0.5) is 5.69 Å². The normalized spacial score (nSPS) is 14.1. The number of aliphatic hydroxyl groups is 1. The summed E-state index contributed by atoms with van der Waals surface area (Å²) in [5, 5.41) is 14.4. The number of hydrogen-bond acceptors (Lipinski definition) is 3. The summed E-state index contributed by atoms with van der Waals surface area (Å²) in [6, 6.07) is 15.4. The highest BCUT2D eigenvalue weighted by atomic mass is 35.5. The Bertz CT molecular complexity index is 643. The van der Waals surface area contributed by atoms with Crippen molar-refractivity contribution in [2.75, 3.05) is 18.5 Å². The van der Waals surface area contributed by atoms with E-state index in [4.69, 9.17) is 16.3 Å². The number of nitrogens with one attached hydrogen (secondary N) is 1. The molecular weight excluding hydrogens is 322 g/mol. The Hall–Kier alpha value is -1.71. The van der Waals surface area contributed by atoms with Gasteiger partial charge in [-0.15, -0.1) is 0 Å². The smallest absolute Gasteiger partial charge is 0.119 e. The van der Waals surface area contributed by atoms with Crippen molar-refractivity contribution < 1.29 is 9.84 Å². The third-order valence-electron chi connectivity index (χ3n) is 3.79. The van der Waals surface area contributed by atoms with Crippen LogP contribution in [0.5, 0.6) is 5.75 Å². The molecule has 2 aromatic carbocycles. The zero-order valence-corrected chi connectivity index (χ0v) is 15.5. The monoisotopic (exact) mass is 347 g/mol. The van der Waals surface area contributed by atoms with Gasteiger partial charge < -0.3 is 15.2 Å². The van der Waals surface area contributed by atoms with Crippen molar-refractivity contribution in [1.82, 2.24) is 0 Å². The van der Waals surface area contributed by atoms with E-state index >= 15 is 0 Å². The number of anilines is 1. The van der Waals surface area contributed by atoms with Crippen molar-refractivity contribution in [2.45, 2.75) is 38.7 Å². The Balaban J connectivity index is 1.86. The zero-order chi connectivity index (χ0) is 17.8. The van der Waals surface area contributed by atoms with E-state index in [0.717, 1.165) is 5.69 Å². The summed E-state index contributed by atoms with van der Waals surface area (Å²) in [5.41, 5.74) is 1.42. The molecule has 0 saturated heterocycles. The molecule has 4 heteroatoms. The molecule has 0 aliphatic rings. The maximum Gasteiger partial charge on any atom is 0.119 e. The van der Waals surface area contributed by atoms with Crippen LogP contribution in [0.1, 0.15) is 33.3 Å². The van der Waals surface area contributed by atoms with Crippen LogP contribution in [0.25, 0.3) is 0 Å². The first-order valence-corrected chi connectivity index (χ1v) is 8.49. The van der Waals surface area contributed by atoms with E-state index in [1.807, 2.05) is 12.1 Å². The highest BCUT2D eigenvalue weighted by molar-refractivity contribution is 6.30. The Morgan fingerprint density at radius 3 is 2.08 bits per heavy atom. The van der Waals surface area contributed by atoms with Crippen molar-refractivity contribution >= 4 is 17.3 Å². The summed E-state index contributed by atoms with van der Waals surface area (Å²) >= 11 is 5.84. The zero-order valence-electron chi connectivity index (χ0n) is 14.8. The van der Waals surface area contributed by atoms with Gasteiger partial charge in [0.2, 0.25) is 0 Å². The molecule has 0 bridgehead atoms. The predicted molar refractivity (Wildman–Crippen MR) is 101 cm³/mol. The molecular formula is C20H26ClNO2. The van der Waals surface area contributed by atoms with E-state index in [1.54, 1.807) is 31.2 Å². The molecule has 0 aliphatic heterocycles. The molecule has 0 spiro atoms. The molecule has 0 unspecified atom stereocenters. The van der Waals surface area contributed by atoms with Crippen LogP contribution in [-0.4, -0.2) is 23.9 Å². The maximum absolute atomic E-state index is 10.5. The van der Waals surface area contributed by atoms with Crippen molar-refractivity contribution in [2.24, 2.45) is 0 Å². The van der Waals surface area contributed by atoms with Crippen LogP contribution in [0.15, 0.2) is 48.5 Å². The molecule has 0 saturated carbocycles. The molecule has 0 amide bonds. The molecule has 24 heavy (non-hydrogen) atoms. The number of halogens is 1. The summed E-state index contributed by atoms with van der Waals surface area (Å²) in [6.07, 6.45) is 0. The topological polar surface area (TPSA) is 41.5 Å². The van der Waals surface area contributed by atoms with Gasteiger partial charge in [0.25, 0.3) is 0 Å². The summed E-state index contributed by atoms with van der Waals surface area (Å²) in [4.78, 5) is 0. The molecule has 1 atom stereocenters. The van der Waals surface area contributed by atoms with Gasteiger partial charge in [-0.3, -0.25) is 0 Å². The van der Waals surface area contributed by atoms with Crippen molar-refractivity contribution in [3.8, 4) is 5.75 Å². The van der Waals surface area contributed by atoms with Crippen LogP contribution in [-0.2, 0) is 5.41 Å². The second-order valence-electron chi connectivity index (χ2n) is 7.42. The van der Waals surface area contributed by atoms with E-state index in [2.05, 4.69) is 38.2 Å². The lowest BCUT2D eigenvalue weighted by molar-refractivity contribution is 0.0232. The molecule has 3 nitrogen and oxygen atoms in total. The van der Waals surface area contributed by atoms with Gasteiger partial charge >= 0.3 is 0 Å². The van der Waals surface area contributed by atoms with Gasteiger partial charge in [-0.05, 0) is 54.3 Å². The number of rotatable bonds is 6. The molecule has 2 rings (SSSR count). The lowest BCUT2D eigenvalue weighted by atomic mass is 9.87. The van der Waals surface area contributed by atoms with E-state index in [0.29, 0.717) is 17.3 Å². The summed E-state index contributed by atoms with van der Waals surface area (Å²) in [7, 11) is 0. The van der Waals surface area contributed by atoms with Gasteiger partial charge in [-0.1, -0.05) is 44.5 Å². The summed E-state index contributed by atoms with van der Waals surface area (Å²) in [6.45, 7) is 8.91. The van der Waals surface area contributed by atoms with Crippen LogP contribution in [0.3, 0.4) is 0 Å². The van der Waals surface area contributed by atoms with Gasteiger partial charge in [-0.2, -0.15) is 0 Å². The van der Waals surface area contributed by atoms with E-state index in [-0.39, 0.29) is 12.0 Å². The Kier molecular flexibility index (Phi) is 5.79. The molecule has 130 valence electrons. The molecule has 2 aromatic rings. The van der Waals surface area contributed by atoms with Crippen LogP contribution in [0.2, 0.25) is 5.02 Å². The molecule has 0 fully saturated rings. The van der Waals surface area contributed by atoms with Crippen molar-refractivity contribution in [3.05, 3.63) is 59.1 Å². The first kappa shape index (κ1) is 18.6. The van der Waals surface area contributed by atoms with E-state index < -0.39 is 5.60 Å². The van der Waals surface area contributed by atoms with Gasteiger partial charge in [0, 0.05) is 17.3 Å². The fraction of sp³-hybridized carbons (Fsp3) is 0.400. The third kappa shape index (κ3) is 5.73. The fourth-order valence-electron chi connectivity index (χ4n) is 2.20. The predicted octanol–water partition coefficient (Wildman–Crippen LogP) is 4.88. The van der Waals surface area contributed by atoms with Crippen LogP contribution < -0.4 is 10.1 Å². The second-order valence-corrected chi connectivity index (χ2v) is 7.86. The highest BCUT2D eigenvalue weighted by Crippen LogP contribution is 2.24. The molecule has 0 heterocycles. The maximum atomic E-state index is 10.5. The van der Waals surface area contributed by atoms with Crippen LogP contribution >= 0.6 is 11.6 Å².